The Labute approximate surface area is 125 Å². The van der Waals surface area contributed by atoms with Gasteiger partial charge in [-0.1, -0.05) is 18.2 Å². The zero-order chi connectivity index (χ0) is 15.7. The second-order valence-electron chi connectivity index (χ2n) is 4.44. The fourth-order valence-corrected chi connectivity index (χ4v) is 2.89. The SMILES string of the molecule is O=S(=O)(Oc1cccc2cccnc12)c1ccc(F)c(F)c1. The minimum atomic E-state index is -4.29. The Morgan fingerprint density at radius 3 is 2.50 bits per heavy atom. The number of hydrogen-bond acceptors (Lipinski definition) is 4. The minimum absolute atomic E-state index is 0.0165. The third kappa shape index (κ3) is 2.62. The molecule has 2 aromatic carbocycles. The first-order chi connectivity index (χ1) is 10.5. The Kier molecular flexibility index (Phi) is 3.50. The number of rotatable bonds is 3. The monoisotopic (exact) mass is 321 g/mol. The van der Waals surface area contributed by atoms with Crippen molar-refractivity contribution in [1.29, 1.82) is 0 Å². The van der Waals surface area contributed by atoms with E-state index in [0.717, 1.165) is 12.1 Å². The van der Waals surface area contributed by atoms with E-state index in [0.29, 0.717) is 17.0 Å². The largest absolute Gasteiger partial charge is 0.377 e. The smallest absolute Gasteiger partial charge is 0.339 e. The molecule has 0 unspecified atom stereocenters. The highest BCUT2D eigenvalue weighted by Gasteiger charge is 2.20. The van der Waals surface area contributed by atoms with Crippen LogP contribution in [0.1, 0.15) is 0 Å². The van der Waals surface area contributed by atoms with E-state index in [2.05, 4.69) is 4.98 Å². The Morgan fingerprint density at radius 2 is 1.73 bits per heavy atom. The van der Waals surface area contributed by atoms with Gasteiger partial charge in [-0.25, -0.2) is 8.78 Å². The molecule has 0 saturated carbocycles. The van der Waals surface area contributed by atoms with Crippen molar-refractivity contribution in [2.45, 2.75) is 4.90 Å². The molecule has 0 amide bonds. The van der Waals surface area contributed by atoms with Crippen molar-refractivity contribution < 1.29 is 21.4 Å². The molecular formula is C15H9F2NO3S. The predicted octanol–water partition coefficient (Wildman–Crippen LogP) is 3.28. The third-order valence-corrected chi connectivity index (χ3v) is 4.21. The van der Waals surface area contributed by atoms with Crippen LogP contribution in [-0.2, 0) is 10.1 Å². The molecule has 0 fully saturated rings. The van der Waals surface area contributed by atoms with Crippen LogP contribution in [0, 0.1) is 11.6 Å². The number of nitrogens with zero attached hydrogens (tertiary/aromatic N) is 1. The number of pyridine rings is 1. The van der Waals surface area contributed by atoms with Crippen LogP contribution in [0.2, 0.25) is 0 Å². The lowest BCUT2D eigenvalue weighted by Crippen LogP contribution is -2.10. The molecule has 0 saturated heterocycles. The molecule has 0 N–H and O–H groups in total. The van der Waals surface area contributed by atoms with Crippen LogP contribution in [0.25, 0.3) is 10.9 Å². The van der Waals surface area contributed by atoms with Gasteiger partial charge >= 0.3 is 10.1 Å². The van der Waals surface area contributed by atoms with Crippen molar-refractivity contribution >= 4 is 21.0 Å². The van der Waals surface area contributed by atoms with Crippen molar-refractivity contribution in [3.05, 3.63) is 66.4 Å². The van der Waals surface area contributed by atoms with Gasteiger partial charge in [0.05, 0.1) is 0 Å². The summed E-state index contributed by atoms with van der Waals surface area (Å²) < 4.78 is 55.5. The average Bonchev–Trinajstić information content (AvgIpc) is 2.50. The molecule has 0 aliphatic rings. The van der Waals surface area contributed by atoms with Crippen molar-refractivity contribution in [3.63, 3.8) is 0 Å². The van der Waals surface area contributed by atoms with E-state index in [-0.39, 0.29) is 5.75 Å². The highest BCUT2D eigenvalue weighted by molar-refractivity contribution is 7.87. The van der Waals surface area contributed by atoms with Crippen molar-refractivity contribution in [2.75, 3.05) is 0 Å². The molecule has 3 aromatic rings. The van der Waals surface area contributed by atoms with Crippen LogP contribution >= 0.6 is 0 Å². The number of halogens is 2. The summed E-state index contributed by atoms with van der Waals surface area (Å²) in [6, 6.07) is 10.5. The number of benzene rings is 2. The fourth-order valence-electron chi connectivity index (χ4n) is 1.94. The predicted molar refractivity (Wildman–Crippen MR) is 75.9 cm³/mol. The Bertz CT molecular complexity index is 953. The molecule has 7 heteroatoms. The van der Waals surface area contributed by atoms with Gasteiger partial charge < -0.3 is 4.18 Å². The molecule has 1 heterocycles. The van der Waals surface area contributed by atoms with Crippen LogP contribution in [0.4, 0.5) is 8.78 Å². The van der Waals surface area contributed by atoms with Gasteiger partial charge in [-0.2, -0.15) is 8.42 Å². The van der Waals surface area contributed by atoms with E-state index >= 15 is 0 Å². The Hall–Kier alpha value is -2.54. The normalized spacial score (nSPS) is 11.5. The van der Waals surface area contributed by atoms with Gasteiger partial charge in [0.15, 0.2) is 17.4 Å². The Balaban J connectivity index is 2.05. The first-order valence-electron chi connectivity index (χ1n) is 6.21. The standard InChI is InChI=1S/C15H9F2NO3S/c16-12-7-6-11(9-13(12)17)22(19,20)21-14-5-1-3-10-4-2-8-18-15(10)14/h1-9H. The van der Waals surface area contributed by atoms with Gasteiger partial charge in [-0.05, 0) is 30.3 Å². The molecule has 0 aliphatic carbocycles. The van der Waals surface area contributed by atoms with Gasteiger partial charge in [-0.15, -0.1) is 0 Å². The van der Waals surface area contributed by atoms with E-state index in [4.69, 9.17) is 4.18 Å². The topological polar surface area (TPSA) is 56.3 Å². The summed E-state index contributed by atoms with van der Waals surface area (Å²) >= 11 is 0. The second-order valence-corrected chi connectivity index (χ2v) is 5.99. The first kappa shape index (κ1) is 14.4. The van der Waals surface area contributed by atoms with Gasteiger partial charge in [0.1, 0.15) is 10.4 Å². The summed E-state index contributed by atoms with van der Waals surface area (Å²) in [6.07, 6.45) is 1.50. The maximum atomic E-state index is 13.2. The fraction of sp³-hybridized carbons (Fsp3) is 0. The van der Waals surface area contributed by atoms with Gasteiger partial charge in [-0.3, -0.25) is 4.98 Å². The lowest BCUT2D eigenvalue weighted by molar-refractivity contribution is 0.481. The number of hydrogen-bond donors (Lipinski definition) is 0. The zero-order valence-corrected chi connectivity index (χ0v) is 11.8. The van der Waals surface area contributed by atoms with Crippen molar-refractivity contribution in [2.24, 2.45) is 0 Å². The molecule has 0 radical (unpaired) electrons. The van der Waals surface area contributed by atoms with Crippen LogP contribution in [0.5, 0.6) is 5.75 Å². The summed E-state index contributed by atoms with van der Waals surface area (Å²) in [5.41, 5.74) is 0.358. The maximum Gasteiger partial charge on any atom is 0.339 e. The van der Waals surface area contributed by atoms with Gasteiger partial charge in [0.2, 0.25) is 0 Å². The molecular weight excluding hydrogens is 312 g/mol. The van der Waals surface area contributed by atoms with E-state index in [1.807, 2.05) is 0 Å². The van der Waals surface area contributed by atoms with E-state index in [9.17, 15) is 17.2 Å². The Morgan fingerprint density at radius 1 is 0.955 bits per heavy atom. The average molecular weight is 321 g/mol. The number of para-hydroxylation sites is 1. The third-order valence-electron chi connectivity index (χ3n) is 2.97. The summed E-state index contributed by atoms with van der Waals surface area (Å²) in [7, 11) is -4.29. The molecule has 0 spiro atoms. The molecule has 1 aromatic heterocycles. The maximum absolute atomic E-state index is 13.2. The molecule has 0 aliphatic heterocycles. The van der Waals surface area contributed by atoms with E-state index in [1.165, 1.54) is 12.3 Å². The minimum Gasteiger partial charge on any atom is -0.377 e. The summed E-state index contributed by atoms with van der Waals surface area (Å²) in [4.78, 5) is 3.59. The van der Waals surface area contributed by atoms with E-state index < -0.39 is 26.6 Å². The summed E-state index contributed by atoms with van der Waals surface area (Å²) in [5.74, 6) is -2.38. The van der Waals surface area contributed by atoms with Crippen LogP contribution in [0.15, 0.2) is 59.6 Å². The quantitative estimate of drug-likeness (QED) is 0.695. The summed E-state index contributed by atoms with van der Waals surface area (Å²) in [5, 5.41) is 0.695. The zero-order valence-electron chi connectivity index (χ0n) is 11.0. The highest BCUT2D eigenvalue weighted by Crippen LogP contribution is 2.26. The molecule has 22 heavy (non-hydrogen) atoms. The molecule has 112 valence electrons. The van der Waals surface area contributed by atoms with Crippen LogP contribution in [0.3, 0.4) is 0 Å². The lowest BCUT2D eigenvalue weighted by atomic mass is 10.2. The van der Waals surface area contributed by atoms with Gasteiger partial charge in [0.25, 0.3) is 0 Å². The van der Waals surface area contributed by atoms with Crippen LogP contribution < -0.4 is 4.18 Å². The second kappa shape index (κ2) is 5.34. The van der Waals surface area contributed by atoms with Crippen LogP contribution in [-0.4, -0.2) is 13.4 Å². The van der Waals surface area contributed by atoms with Crippen molar-refractivity contribution in [1.82, 2.24) is 4.98 Å². The molecule has 4 nitrogen and oxygen atoms in total. The molecule has 0 atom stereocenters. The van der Waals surface area contributed by atoms with Gasteiger partial charge in [0, 0.05) is 11.6 Å². The highest BCUT2D eigenvalue weighted by atomic mass is 32.2. The number of aromatic nitrogens is 1. The van der Waals surface area contributed by atoms with E-state index in [1.54, 1.807) is 24.3 Å². The van der Waals surface area contributed by atoms with Crippen molar-refractivity contribution in [3.8, 4) is 5.75 Å². The molecule has 3 rings (SSSR count). The lowest BCUT2D eigenvalue weighted by Gasteiger charge is -2.09. The molecule has 0 bridgehead atoms. The number of fused-ring (bicyclic) bond motifs is 1. The summed E-state index contributed by atoms with van der Waals surface area (Å²) in [6.45, 7) is 0. The first-order valence-corrected chi connectivity index (χ1v) is 7.61.